The molecule has 0 N–H and O–H groups in total. The summed E-state index contributed by atoms with van der Waals surface area (Å²) in [6, 6.07) is 22.1. The molecule has 0 fully saturated rings. The Morgan fingerprint density at radius 1 is 0.239 bits per heavy atom. The van der Waals surface area contributed by atoms with Crippen molar-refractivity contribution in [2.75, 3.05) is 0 Å². The number of aryl methyl sites for hydroxylation is 3. The van der Waals surface area contributed by atoms with Gasteiger partial charge in [0.1, 0.15) is 0 Å². The maximum absolute atomic E-state index is 11.2. The Kier molecular flexibility index (Phi) is 49.6. The Bertz CT molecular complexity index is 1250. The molecule has 0 aliphatic heterocycles. The van der Waals surface area contributed by atoms with Crippen LogP contribution in [0.1, 0.15) is 288 Å². The van der Waals surface area contributed by atoms with Crippen molar-refractivity contribution in [3.05, 3.63) is 89.5 Å². The summed E-state index contributed by atoms with van der Waals surface area (Å²) in [6.07, 6.45) is 57.4. The van der Waals surface area contributed by atoms with Gasteiger partial charge in [-0.15, -0.1) is 17.2 Å². The average Bonchev–Trinajstić information content (AvgIpc) is 3.31. The van der Waals surface area contributed by atoms with E-state index in [-0.39, 0.29) is 34.6 Å². The number of hydrogen-bond donors (Lipinski definition) is 0. The van der Waals surface area contributed by atoms with E-state index in [9.17, 15) is 15.3 Å². The van der Waals surface area contributed by atoms with E-state index in [1.54, 1.807) is 36.4 Å². The van der Waals surface area contributed by atoms with Gasteiger partial charge < -0.3 is 15.3 Å². The van der Waals surface area contributed by atoms with Crippen molar-refractivity contribution >= 4 is 17.4 Å². The molecule has 0 atom stereocenters. The largest absolute Gasteiger partial charge is 3.00 e. The van der Waals surface area contributed by atoms with Crippen LogP contribution in [-0.4, -0.2) is 17.4 Å². The number of unbranched alkanes of at least 4 members (excludes halogenated alkanes) is 36. The van der Waals surface area contributed by atoms with E-state index in [4.69, 9.17) is 0 Å². The molecule has 3 rings (SSSR count). The third-order valence-corrected chi connectivity index (χ3v) is 13.4. The van der Waals surface area contributed by atoms with Gasteiger partial charge in [-0.05, 0) is 55.2 Å². The zero-order valence-electron chi connectivity index (χ0n) is 44.4. The molecule has 0 aliphatic rings. The molecule has 3 nitrogen and oxygen atoms in total. The third-order valence-electron chi connectivity index (χ3n) is 13.4. The Morgan fingerprint density at radius 2 is 0.403 bits per heavy atom. The molecule has 0 saturated heterocycles. The van der Waals surface area contributed by atoms with Crippen LogP contribution >= 0.6 is 0 Å². The minimum Gasteiger partial charge on any atom is -0.872 e. The van der Waals surface area contributed by atoms with Gasteiger partial charge in [0.05, 0.1) is 0 Å². The maximum atomic E-state index is 11.2. The summed E-state index contributed by atoms with van der Waals surface area (Å²) < 4.78 is 0. The van der Waals surface area contributed by atoms with Gasteiger partial charge >= 0.3 is 17.4 Å². The Morgan fingerprint density at radius 3 is 0.567 bits per heavy atom. The van der Waals surface area contributed by atoms with Crippen LogP contribution in [0.15, 0.2) is 72.8 Å². The van der Waals surface area contributed by atoms with Crippen molar-refractivity contribution in [2.45, 2.75) is 290 Å². The van der Waals surface area contributed by atoms with Crippen LogP contribution in [-0.2, 0) is 19.3 Å². The summed E-state index contributed by atoms with van der Waals surface area (Å²) in [7, 11) is 0. The van der Waals surface area contributed by atoms with E-state index in [1.807, 2.05) is 18.2 Å². The number of benzene rings is 3. The van der Waals surface area contributed by atoms with Crippen LogP contribution in [0.3, 0.4) is 0 Å². The summed E-state index contributed by atoms with van der Waals surface area (Å²) in [4.78, 5) is 0. The topological polar surface area (TPSA) is 69.2 Å². The molecular formula is C63H105AlO3. The Balaban J connectivity index is 0.000000968. The molecule has 0 heterocycles. The van der Waals surface area contributed by atoms with E-state index in [2.05, 4.69) is 39.0 Å². The average molecular weight is 938 g/mol. The van der Waals surface area contributed by atoms with Gasteiger partial charge in [0.15, 0.2) is 0 Å². The minimum atomic E-state index is 0. The molecule has 0 bridgehead atoms. The van der Waals surface area contributed by atoms with Crippen LogP contribution in [0.4, 0.5) is 0 Å². The molecule has 0 spiro atoms. The molecule has 3 aromatic carbocycles. The van der Waals surface area contributed by atoms with Crippen LogP contribution < -0.4 is 15.3 Å². The second kappa shape index (κ2) is 51.4. The quantitative estimate of drug-likeness (QED) is 0.0420. The fourth-order valence-electron chi connectivity index (χ4n) is 9.14. The van der Waals surface area contributed by atoms with Gasteiger partial charge in [-0.25, -0.2) is 0 Å². The predicted molar refractivity (Wildman–Crippen MR) is 292 cm³/mol. The smallest absolute Gasteiger partial charge is 0.872 e. The van der Waals surface area contributed by atoms with E-state index in [0.717, 1.165) is 19.3 Å². The maximum Gasteiger partial charge on any atom is 3.00 e. The van der Waals surface area contributed by atoms with Crippen molar-refractivity contribution in [2.24, 2.45) is 0 Å². The molecule has 67 heavy (non-hydrogen) atoms. The SMILES string of the molecule is CCCCCCCCCCCCCCCc1cccc([O-])c1.CCCCCCCCCCCCCCCc1cccc([O-])c1.CCCCCCCCCCCCCCCc1cccc([O-])c1.[Al+3]. The monoisotopic (exact) mass is 937 g/mol. The molecule has 0 aromatic heterocycles. The van der Waals surface area contributed by atoms with Gasteiger partial charge in [-0.3, -0.25) is 0 Å². The van der Waals surface area contributed by atoms with E-state index >= 15 is 0 Å². The summed E-state index contributed by atoms with van der Waals surface area (Å²) in [5.74, 6) is 0.437. The number of hydrogen-bond acceptors (Lipinski definition) is 3. The Hall–Kier alpha value is -2.41. The molecule has 0 amide bonds. The first-order chi connectivity index (χ1) is 32.5. The molecule has 378 valence electrons. The molecule has 4 heteroatoms. The standard InChI is InChI=1S/3C21H36O.Al/c3*1-2-3-4-5-6-7-8-9-10-11-12-13-14-16-20-17-15-18-21(22)19-20;/h3*15,17-19,22H,2-14,16H2,1H3;/q;;;+3/p-3. The second-order valence-corrected chi connectivity index (χ2v) is 19.9. The van der Waals surface area contributed by atoms with Gasteiger partial charge in [-0.1, -0.05) is 325 Å². The van der Waals surface area contributed by atoms with Gasteiger partial charge in [0.2, 0.25) is 0 Å². The zero-order chi connectivity index (χ0) is 47.6. The van der Waals surface area contributed by atoms with Crippen molar-refractivity contribution in [1.82, 2.24) is 0 Å². The fourth-order valence-corrected chi connectivity index (χ4v) is 9.14. The first-order valence-corrected chi connectivity index (χ1v) is 28.8. The van der Waals surface area contributed by atoms with Crippen molar-refractivity contribution in [3.63, 3.8) is 0 Å². The van der Waals surface area contributed by atoms with Crippen LogP contribution in [0.2, 0.25) is 0 Å². The number of rotatable bonds is 42. The fraction of sp³-hybridized carbons (Fsp3) is 0.714. The summed E-state index contributed by atoms with van der Waals surface area (Å²) in [6.45, 7) is 6.84. The summed E-state index contributed by atoms with van der Waals surface area (Å²) >= 11 is 0. The Labute approximate surface area is 427 Å². The molecule has 3 aromatic rings. The summed E-state index contributed by atoms with van der Waals surface area (Å²) in [5.41, 5.74) is 3.61. The van der Waals surface area contributed by atoms with E-state index in [1.165, 1.54) is 267 Å². The van der Waals surface area contributed by atoms with Crippen LogP contribution in [0.25, 0.3) is 0 Å². The molecule has 0 aliphatic carbocycles. The minimum absolute atomic E-state index is 0. The summed E-state index contributed by atoms with van der Waals surface area (Å²) in [5, 5.41) is 33.7. The van der Waals surface area contributed by atoms with Gasteiger partial charge in [-0.2, -0.15) is 0 Å². The molecule has 0 radical (unpaired) electrons. The van der Waals surface area contributed by atoms with Crippen LogP contribution in [0, 0.1) is 0 Å². The normalized spacial score (nSPS) is 10.8. The third kappa shape index (κ3) is 45.8. The van der Waals surface area contributed by atoms with Gasteiger partial charge in [0, 0.05) is 0 Å². The van der Waals surface area contributed by atoms with Crippen molar-refractivity contribution < 1.29 is 15.3 Å². The van der Waals surface area contributed by atoms with Crippen molar-refractivity contribution in [3.8, 4) is 17.2 Å². The van der Waals surface area contributed by atoms with Gasteiger partial charge in [0.25, 0.3) is 0 Å². The van der Waals surface area contributed by atoms with Crippen LogP contribution in [0.5, 0.6) is 17.2 Å². The van der Waals surface area contributed by atoms with E-state index in [0.29, 0.717) is 0 Å². The zero-order valence-corrected chi connectivity index (χ0v) is 45.6. The molecular weight excluding hydrogens is 832 g/mol. The van der Waals surface area contributed by atoms with Crippen molar-refractivity contribution in [1.29, 1.82) is 0 Å². The first kappa shape index (κ1) is 64.6. The second-order valence-electron chi connectivity index (χ2n) is 19.9. The van der Waals surface area contributed by atoms with E-state index < -0.39 is 0 Å². The molecule has 0 saturated carbocycles. The first-order valence-electron chi connectivity index (χ1n) is 28.8. The predicted octanol–water partition coefficient (Wildman–Crippen LogP) is 18.8. The molecule has 0 unspecified atom stereocenters.